The number of nitrogens with one attached hydrogen (secondary N) is 1. The van der Waals surface area contributed by atoms with Crippen LogP contribution in [0.15, 0.2) is 4.52 Å². The van der Waals surface area contributed by atoms with Gasteiger partial charge in [0.15, 0.2) is 0 Å². The fourth-order valence-corrected chi connectivity index (χ4v) is 2.09. The summed E-state index contributed by atoms with van der Waals surface area (Å²) >= 11 is 0. The normalized spacial score (nSPS) is 20.6. The summed E-state index contributed by atoms with van der Waals surface area (Å²) in [6, 6.07) is 0. The topological polar surface area (TPSA) is 38.1 Å². The van der Waals surface area contributed by atoms with Crippen molar-refractivity contribution in [2.45, 2.75) is 38.6 Å². The molecule has 0 saturated carbocycles. The molecule has 0 aromatic carbocycles. The van der Waals surface area contributed by atoms with Gasteiger partial charge in [-0.25, -0.2) is 0 Å². The van der Waals surface area contributed by atoms with E-state index in [0.717, 1.165) is 24.4 Å². The van der Waals surface area contributed by atoms with Gasteiger partial charge in [0.2, 0.25) is 0 Å². The minimum absolute atomic E-state index is 0.619. The average Bonchev–Trinajstić information content (AvgIpc) is 2.68. The van der Waals surface area contributed by atoms with Crippen LogP contribution in [0.1, 0.15) is 42.7 Å². The standard InChI is InChI=1S/C10H16N2O/c1-3-7-4-5-8-9(6-11-2)12-13-10(7)8/h7,11H,3-6H2,1-2H3. The first-order valence-corrected chi connectivity index (χ1v) is 4.98. The Morgan fingerprint density at radius 2 is 2.46 bits per heavy atom. The van der Waals surface area contributed by atoms with Crippen molar-refractivity contribution in [3.8, 4) is 0 Å². The fourth-order valence-electron chi connectivity index (χ4n) is 2.09. The number of aromatic nitrogens is 1. The van der Waals surface area contributed by atoms with E-state index in [1.54, 1.807) is 0 Å². The van der Waals surface area contributed by atoms with Crippen molar-refractivity contribution in [2.24, 2.45) is 0 Å². The minimum Gasteiger partial charge on any atom is -0.361 e. The average molecular weight is 180 g/mol. The van der Waals surface area contributed by atoms with E-state index >= 15 is 0 Å². The summed E-state index contributed by atoms with van der Waals surface area (Å²) < 4.78 is 5.37. The van der Waals surface area contributed by atoms with E-state index in [9.17, 15) is 0 Å². The molecule has 3 nitrogen and oxygen atoms in total. The molecular weight excluding hydrogens is 164 g/mol. The maximum atomic E-state index is 5.37. The zero-order valence-electron chi connectivity index (χ0n) is 8.26. The van der Waals surface area contributed by atoms with Crippen LogP contribution in [0.4, 0.5) is 0 Å². The third-order valence-corrected chi connectivity index (χ3v) is 2.85. The molecule has 3 heteroatoms. The number of nitrogens with zero attached hydrogens (tertiary/aromatic N) is 1. The Labute approximate surface area is 78.5 Å². The SMILES string of the molecule is CCC1CCc2c(CNC)noc21. The van der Waals surface area contributed by atoms with Gasteiger partial charge in [0.25, 0.3) is 0 Å². The first-order chi connectivity index (χ1) is 6.36. The van der Waals surface area contributed by atoms with Crippen LogP contribution in [-0.2, 0) is 13.0 Å². The molecule has 0 amide bonds. The lowest BCUT2D eigenvalue weighted by molar-refractivity contribution is 0.353. The van der Waals surface area contributed by atoms with Gasteiger partial charge in [-0.1, -0.05) is 12.1 Å². The molecule has 1 unspecified atom stereocenters. The number of hydrogen-bond acceptors (Lipinski definition) is 3. The molecule has 0 bridgehead atoms. The van der Waals surface area contributed by atoms with Crippen molar-refractivity contribution in [3.63, 3.8) is 0 Å². The predicted molar refractivity (Wildman–Crippen MR) is 50.6 cm³/mol. The second-order valence-electron chi connectivity index (χ2n) is 3.65. The molecule has 1 heterocycles. The van der Waals surface area contributed by atoms with Gasteiger partial charge in [0, 0.05) is 18.0 Å². The highest BCUT2D eigenvalue weighted by molar-refractivity contribution is 5.30. The predicted octanol–water partition coefficient (Wildman–Crippen LogP) is 1.83. The van der Waals surface area contributed by atoms with Crippen LogP contribution in [0, 0.1) is 0 Å². The molecule has 2 rings (SSSR count). The number of fused-ring (bicyclic) bond motifs is 1. The molecule has 0 spiro atoms. The van der Waals surface area contributed by atoms with Gasteiger partial charge in [0.05, 0.1) is 0 Å². The van der Waals surface area contributed by atoms with Gasteiger partial charge in [0.1, 0.15) is 11.5 Å². The molecule has 1 aliphatic carbocycles. The Balaban J connectivity index is 2.25. The summed E-state index contributed by atoms with van der Waals surface area (Å²) in [5.41, 5.74) is 2.47. The van der Waals surface area contributed by atoms with Crippen LogP contribution in [-0.4, -0.2) is 12.2 Å². The molecule has 0 fully saturated rings. The molecular formula is C10H16N2O. The Bertz CT molecular complexity index is 293. The Kier molecular flexibility index (Phi) is 2.36. The lowest BCUT2D eigenvalue weighted by Crippen LogP contribution is -2.06. The molecule has 13 heavy (non-hydrogen) atoms. The zero-order valence-corrected chi connectivity index (χ0v) is 8.26. The summed E-state index contributed by atoms with van der Waals surface area (Å²) in [6.07, 6.45) is 3.56. The Hall–Kier alpha value is -0.830. The highest BCUT2D eigenvalue weighted by Crippen LogP contribution is 2.36. The van der Waals surface area contributed by atoms with Crippen molar-refractivity contribution in [3.05, 3.63) is 17.0 Å². The molecule has 1 aliphatic rings. The monoisotopic (exact) mass is 180 g/mol. The van der Waals surface area contributed by atoms with Crippen LogP contribution >= 0.6 is 0 Å². The lowest BCUT2D eigenvalue weighted by Gasteiger charge is -2.00. The van der Waals surface area contributed by atoms with Crippen molar-refractivity contribution >= 4 is 0 Å². The van der Waals surface area contributed by atoms with Gasteiger partial charge in [-0.05, 0) is 26.3 Å². The third kappa shape index (κ3) is 1.37. The molecule has 0 aliphatic heterocycles. The van der Waals surface area contributed by atoms with E-state index in [0.29, 0.717) is 5.92 Å². The molecule has 1 N–H and O–H groups in total. The third-order valence-electron chi connectivity index (χ3n) is 2.85. The molecule has 1 atom stereocenters. The first kappa shape index (κ1) is 8.75. The maximum absolute atomic E-state index is 5.37. The van der Waals surface area contributed by atoms with Crippen molar-refractivity contribution < 1.29 is 4.52 Å². The van der Waals surface area contributed by atoms with Crippen molar-refractivity contribution in [1.29, 1.82) is 0 Å². The van der Waals surface area contributed by atoms with Crippen LogP contribution in [0.3, 0.4) is 0 Å². The van der Waals surface area contributed by atoms with Crippen molar-refractivity contribution in [2.75, 3.05) is 7.05 Å². The van der Waals surface area contributed by atoms with E-state index < -0.39 is 0 Å². The molecule has 1 aromatic heterocycles. The van der Waals surface area contributed by atoms with Gasteiger partial charge in [-0.3, -0.25) is 0 Å². The summed E-state index contributed by atoms with van der Waals surface area (Å²) in [6.45, 7) is 3.04. The molecule has 0 saturated heterocycles. The zero-order chi connectivity index (χ0) is 9.26. The van der Waals surface area contributed by atoms with Gasteiger partial charge in [-0.15, -0.1) is 0 Å². The Morgan fingerprint density at radius 3 is 3.15 bits per heavy atom. The summed E-state index contributed by atoms with van der Waals surface area (Å²) in [7, 11) is 1.94. The van der Waals surface area contributed by atoms with E-state index in [1.165, 1.54) is 18.4 Å². The summed E-state index contributed by atoms with van der Waals surface area (Å²) in [4.78, 5) is 0. The second-order valence-corrected chi connectivity index (χ2v) is 3.65. The van der Waals surface area contributed by atoms with E-state index in [-0.39, 0.29) is 0 Å². The largest absolute Gasteiger partial charge is 0.361 e. The van der Waals surface area contributed by atoms with Crippen LogP contribution in [0.25, 0.3) is 0 Å². The number of hydrogen-bond donors (Lipinski definition) is 1. The summed E-state index contributed by atoms with van der Waals surface area (Å²) in [5.74, 6) is 1.76. The van der Waals surface area contributed by atoms with Gasteiger partial charge >= 0.3 is 0 Å². The van der Waals surface area contributed by atoms with Gasteiger partial charge < -0.3 is 9.84 Å². The highest BCUT2D eigenvalue weighted by atomic mass is 16.5. The van der Waals surface area contributed by atoms with Crippen molar-refractivity contribution in [1.82, 2.24) is 10.5 Å². The molecule has 1 aromatic rings. The van der Waals surface area contributed by atoms with Crippen LogP contribution in [0.2, 0.25) is 0 Å². The smallest absolute Gasteiger partial charge is 0.143 e. The lowest BCUT2D eigenvalue weighted by atomic mass is 10.1. The summed E-state index contributed by atoms with van der Waals surface area (Å²) in [5, 5.41) is 7.20. The molecule has 0 radical (unpaired) electrons. The highest BCUT2D eigenvalue weighted by Gasteiger charge is 2.28. The second kappa shape index (κ2) is 3.50. The first-order valence-electron chi connectivity index (χ1n) is 4.98. The Morgan fingerprint density at radius 1 is 1.62 bits per heavy atom. The van der Waals surface area contributed by atoms with Crippen LogP contribution < -0.4 is 5.32 Å². The fraction of sp³-hybridized carbons (Fsp3) is 0.700. The molecule has 72 valence electrons. The quantitative estimate of drug-likeness (QED) is 0.771. The van der Waals surface area contributed by atoms with E-state index in [2.05, 4.69) is 17.4 Å². The number of rotatable bonds is 3. The van der Waals surface area contributed by atoms with E-state index in [4.69, 9.17) is 4.52 Å². The maximum Gasteiger partial charge on any atom is 0.143 e. The van der Waals surface area contributed by atoms with Crippen LogP contribution in [0.5, 0.6) is 0 Å². The minimum atomic E-state index is 0.619. The van der Waals surface area contributed by atoms with E-state index in [1.807, 2.05) is 7.05 Å². The van der Waals surface area contributed by atoms with Gasteiger partial charge in [-0.2, -0.15) is 0 Å².